The second kappa shape index (κ2) is 4.53. The zero-order valence-corrected chi connectivity index (χ0v) is 10.8. The lowest BCUT2D eigenvalue weighted by molar-refractivity contribution is -0.140. The third-order valence-corrected chi connectivity index (χ3v) is 3.23. The minimum Gasteiger partial charge on any atom is -0.315 e. The van der Waals surface area contributed by atoms with Crippen molar-refractivity contribution >= 4 is 11.8 Å². The van der Waals surface area contributed by atoms with Crippen LogP contribution in [-0.4, -0.2) is 36.3 Å². The van der Waals surface area contributed by atoms with Crippen molar-refractivity contribution in [2.45, 2.75) is 40.2 Å². The average Bonchev–Trinajstić information content (AvgIpc) is 2.37. The van der Waals surface area contributed by atoms with Crippen LogP contribution in [0, 0.1) is 11.3 Å². The van der Waals surface area contributed by atoms with Crippen LogP contribution in [0.2, 0.25) is 0 Å². The zero-order valence-electron chi connectivity index (χ0n) is 10.8. The van der Waals surface area contributed by atoms with Gasteiger partial charge in [-0.3, -0.25) is 14.5 Å². The van der Waals surface area contributed by atoms with E-state index in [1.54, 1.807) is 0 Å². The Morgan fingerprint density at radius 3 is 2.31 bits per heavy atom. The molecule has 16 heavy (non-hydrogen) atoms. The molecule has 1 saturated heterocycles. The highest BCUT2D eigenvalue weighted by atomic mass is 16.2. The number of nitrogens with one attached hydrogen (secondary N) is 1. The van der Waals surface area contributed by atoms with Gasteiger partial charge in [-0.15, -0.1) is 0 Å². The highest BCUT2D eigenvalue weighted by molar-refractivity contribution is 6.03. The van der Waals surface area contributed by atoms with Crippen LogP contribution in [0.15, 0.2) is 0 Å². The molecule has 0 radical (unpaired) electrons. The van der Waals surface area contributed by atoms with Gasteiger partial charge in [0.15, 0.2) is 0 Å². The number of carbonyl (C=O) groups excluding carboxylic acids is 2. The maximum Gasteiger partial charge on any atom is 0.232 e. The van der Waals surface area contributed by atoms with Crippen LogP contribution in [-0.2, 0) is 9.59 Å². The quantitative estimate of drug-likeness (QED) is 0.731. The predicted octanol–water partition coefficient (Wildman–Crippen LogP) is 1.02. The van der Waals surface area contributed by atoms with Crippen LogP contribution in [0.4, 0.5) is 0 Å². The van der Waals surface area contributed by atoms with E-state index in [2.05, 4.69) is 26.1 Å². The normalized spacial score (nSPS) is 24.1. The van der Waals surface area contributed by atoms with Crippen molar-refractivity contribution < 1.29 is 9.59 Å². The van der Waals surface area contributed by atoms with Gasteiger partial charge in [-0.1, -0.05) is 27.7 Å². The van der Waals surface area contributed by atoms with E-state index < -0.39 is 0 Å². The Kier molecular flexibility index (Phi) is 3.73. The van der Waals surface area contributed by atoms with Crippen molar-refractivity contribution in [3.8, 4) is 0 Å². The van der Waals surface area contributed by atoms with Gasteiger partial charge in [-0.2, -0.15) is 0 Å². The second-order valence-electron chi connectivity index (χ2n) is 5.66. The maximum absolute atomic E-state index is 11.8. The monoisotopic (exact) mass is 226 g/mol. The van der Waals surface area contributed by atoms with Crippen LogP contribution < -0.4 is 5.32 Å². The highest BCUT2D eigenvalue weighted by Gasteiger charge is 2.38. The van der Waals surface area contributed by atoms with Crippen molar-refractivity contribution in [2.75, 3.05) is 13.6 Å². The maximum atomic E-state index is 11.8. The van der Waals surface area contributed by atoms with Gasteiger partial charge in [0.2, 0.25) is 11.8 Å². The molecule has 2 amide bonds. The minimum absolute atomic E-state index is 0.0289. The summed E-state index contributed by atoms with van der Waals surface area (Å²) in [5.41, 5.74) is 0.0289. The summed E-state index contributed by atoms with van der Waals surface area (Å²) < 4.78 is 0. The molecular formula is C12H22N2O2. The Bertz CT molecular complexity index is 294. The fourth-order valence-electron chi connectivity index (χ4n) is 2.02. The van der Waals surface area contributed by atoms with Crippen LogP contribution >= 0.6 is 0 Å². The van der Waals surface area contributed by atoms with Crippen LogP contribution in [0.5, 0.6) is 0 Å². The number of imide groups is 1. The van der Waals surface area contributed by atoms with Crippen molar-refractivity contribution in [3.63, 3.8) is 0 Å². The minimum atomic E-state index is -0.148. The molecular weight excluding hydrogens is 204 g/mol. The smallest absolute Gasteiger partial charge is 0.232 e. The molecule has 1 N–H and O–H groups in total. The number of carbonyl (C=O) groups is 2. The molecule has 2 atom stereocenters. The Labute approximate surface area is 97.4 Å². The molecule has 1 rings (SSSR count). The summed E-state index contributed by atoms with van der Waals surface area (Å²) in [7, 11) is 1.87. The molecule has 1 aliphatic heterocycles. The fourth-order valence-corrected chi connectivity index (χ4v) is 2.02. The first-order chi connectivity index (χ1) is 7.27. The first kappa shape index (κ1) is 13.2. The fraction of sp³-hybridized carbons (Fsp3) is 0.833. The number of rotatable bonds is 3. The Morgan fingerprint density at radius 1 is 1.44 bits per heavy atom. The average molecular weight is 226 g/mol. The molecule has 0 aromatic rings. The summed E-state index contributed by atoms with van der Waals surface area (Å²) in [5.74, 6) is -0.221. The lowest BCUT2D eigenvalue weighted by Gasteiger charge is -2.33. The van der Waals surface area contributed by atoms with Gasteiger partial charge in [0.25, 0.3) is 0 Å². The largest absolute Gasteiger partial charge is 0.315 e. The van der Waals surface area contributed by atoms with Crippen molar-refractivity contribution in [3.05, 3.63) is 0 Å². The number of hydrogen-bond donors (Lipinski definition) is 1. The molecule has 0 aromatic heterocycles. The number of likely N-dealkylation sites (tertiary alicyclic amines) is 1. The van der Waals surface area contributed by atoms with Crippen LogP contribution in [0.1, 0.15) is 34.1 Å². The summed E-state index contributed by atoms with van der Waals surface area (Å²) in [6, 6.07) is 0.130. The molecule has 4 nitrogen and oxygen atoms in total. The first-order valence-electron chi connectivity index (χ1n) is 5.79. The first-order valence-corrected chi connectivity index (χ1v) is 5.79. The molecule has 0 aliphatic carbocycles. The molecule has 0 aromatic carbocycles. The Balaban J connectivity index is 2.73. The topological polar surface area (TPSA) is 49.4 Å². The van der Waals surface area contributed by atoms with E-state index in [1.165, 1.54) is 4.90 Å². The van der Waals surface area contributed by atoms with Gasteiger partial charge in [0.1, 0.15) is 0 Å². The van der Waals surface area contributed by atoms with Gasteiger partial charge in [-0.25, -0.2) is 0 Å². The molecule has 1 fully saturated rings. The summed E-state index contributed by atoms with van der Waals surface area (Å²) in [4.78, 5) is 24.8. The molecule has 92 valence electrons. The summed E-state index contributed by atoms with van der Waals surface area (Å²) in [6.07, 6.45) is 0.361. The van der Waals surface area contributed by atoms with Gasteiger partial charge in [0, 0.05) is 24.9 Å². The number of likely N-dealkylation sites (N-methyl/N-ethyl adjacent to an activating group) is 1. The lowest BCUT2D eigenvalue weighted by Crippen LogP contribution is -2.48. The van der Waals surface area contributed by atoms with E-state index in [-0.39, 0.29) is 29.2 Å². The molecule has 0 saturated carbocycles. The van der Waals surface area contributed by atoms with E-state index in [4.69, 9.17) is 0 Å². The summed E-state index contributed by atoms with van der Waals surface area (Å²) in [5, 5.41) is 3.18. The summed E-state index contributed by atoms with van der Waals surface area (Å²) in [6.45, 7) is 8.58. The third kappa shape index (κ3) is 2.61. The van der Waals surface area contributed by atoms with Crippen molar-refractivity contribution in [1.29, 1.82) is 0 Å². The number of nitrogens with zero attached hydrogens (tertiary/aromatic N) is 1. The van der Waals surface area contributed by atoms with Gasteiger partial charge < -0.3 is 5.32 Å². The van der Waals surface area contributed by atoms with E-state index in [1.807, 2.05) is 14.0 Å². The molecule has 0 bridgehead atoms. The standard InChI is InChI=1S/C12H22N2O2/c1-8-6-10(15)14(11(8)16)7-9(13-5)12(2,3)4/h8-9,13H,6-7H2,1-5H3. The molecule has 4 heteroatoms. The Hall–Kier alpha value is -0.900. The van der Waals surface area contributed by atoms with Crippen LogP contribution in [0.3, 0.4) is 0 Å². The molecule has 1 heterocycles. The number of hydrogen-bond acceptors (Lipinski definition) is 3. The predicted molar refractivity (Wildman–Crippen MR) is 62.8 cm³/mol. The van der Waals surface area contributed by atoms with Gasteiger partial charge in [0.05, 0.1) is 0 Å². The van der Waals surface area contributed by atoms with E-state index >= 15 is 0 Å². The zero-order chi connectivity index (χ0) is 12.5. The molecule has 1 aliphatic rings. The second-order valence-corrected chi connectivity index (χ2v) is 5.66. The van der Waals surface area contributed by atoms with Crippen molar-refractivity contribution in [1.82, 2.24) is 10.2 Å². The van der Waals surface area contributed by atoms with Gasteiger partial charge >= 0.3 is 0 Å². The van der Waals surface area contributed by atoms with E-state index in [0.29, 0.717) is 13.0 Å². The van der Waals surface area contributed by atoms with E-state index in [9.17, 15) is 9.59 Å². The third-order valence-electron chi connectivity index (χ3n) is 3.23. The Morgan fingerprint density at radius 2 is 2.00 bits per heavy atom. The SMILES string of the molecule is CNC(CN1C(=O)CC(C)C1=O)C(C)(C)C. The molecule has 0 spiro atoms. The van der Waals surface area contributed by atoms with Crippen LogP contribution in [0.25, 0.3) is 0 Å². The van der Waals surface area contributed by atoms with Crippen molar-refractivity contribution in [2.24, 2.45) is 11.3 Å². The lowest BCUT2D eigenvalue weighted by atomic mass is 9.86. The number of amides is 2. The summed E-state index contributed by atoms with van der Waals surface area (Å²) >= 11 is 0. The molecule has 2 unspecified atom stereocenters. The van der Waals surface area contributed by atoms with Gasteiger partial charge in [-0.05, 0) is 12.5 Å². The highest BCUT2D eigenvalue weighted by Crippen LogP contribution is 2.24. The van der Waals surface area contributed by atoms with E-state index in [0.717, 1.165) is 0 Å².